The van der Waals surface area contributed by atoms with Crippen LogP contribution in [0.1, 0.15) is 40.0 Å². The number of hydrogen-bond acceptors (Lipinski definition) is 1. The normalized spacial score (nSPS) is 37.9. The van der Waals surface area contributed by atoms with Gasteiger partial charge in [0.25, 0.3) is 0 Å². The standard InChI is InChI=1S/C10H21N/c1-4-6-9-8(3)7-11-10(9)5-2/h8-11H,4-7H2,1-3H3. The summed E-state index contributed by atoms with van der Waals surface area (Å²) in [5, 5.41) is 3.59. The summed E-state index contributed by atoms with van der Waals surface area (Å²) < 4.78 is 0. The van der Waals surface area contributed by atoms with Gasteiger partial charge in [-0.25, -0.2) is 0 Å². The van der Waals surface area contributed by atoms with E-state index in [9.17, 15) is 0 Å². The zero-order chi connectivity index (χ0) is 8.27. The average Bonchev–Trinajstić information content (AvgIpc) is 2.34. The predicted molar refractivity (Wildman–Crippen MR) is 49.6 cm³/mol. The smallest absolute Gasteiger partial charge is 0.00958 e. The summed E-state index contributed by atoms with van der Waals surface area (Å²) >= 11 is 0. The molecule has 1 heterocycles. The van der Waals surface area contributed by atoms with Gasteiger partial charge in [0.1, 0.15) is 0 Å². The maximum atomic E-state index is 3.59. The largest absolute Gasteiger partial charge is 0.313 e. The van der Waals surface area contributed by atoms with Crippen molar-refractivity contribution in [3.63, 3.8) is 0 Å². The Labute approximate surface area is 70.6 Å². The summed E-state index contributed by atoms with van der Waals surface area (Å²) in [5.41, 5.74) is 0. The minimum absolute atomic E-state index is 0.810. The summed E-state index contributed by atoms with van der Waals surface area (Å²) in [6.07, 6.45) is 4.05. The fourth-order valence-electron chi connectivity index (χ4n) is 2.30. The Hall–Kier alpha value is -0.0400. The molecule has 66 valence electrons. The molecule has 0 bridgehead atoms. The van der Waals surface area contributed by atoms with Crippen molar-refractivity contribution >= 4 is 0 Å². The molecule has 0 amide bonds. The molecular formula is C10H21N. The highest BCUT2D eigenvalue weighted by molar-refractivity contribution is 4.86. The second kappa shape index (κ2) is 4.10. The highest BCUT2D eigenvalue weighted by Gasteiger charge is 2.30. The second-order valence-electron chi connectivity index (χ2n) is 3.85. The summed E-state index contributed by atoms with van der Waals surface area (Å²) in [6.45, 7) is 8.20. The number of hydrogen-bond donors (Lipinski definition) is 1. The summed E-state index contributed by atoms with van der Waals surface area (Å²) in [5.74, 6) is 1.85. The van der Waals surface area contributed by atoms with E-state index in [1.165, 1.54) is 25.8 Å². The first-order valence-corrected chi connectivity index (χ1v) is 5.03. The minimum atomic E-state index is 0.810. The Bertz CT molecular complexity index is 111. The molecule has 1 aliphatic rings. The zero-order valence-corrected chi connectivity index (χ0v) is 8.06. The highest BCUT2D eigenvalue weighted by Crippen LogP contribution is 2.27. The van der Waals surface area contributed by atoms with Crippen LogP contribution in [0.4, 0.5) is 0 Å². The summed E-state index contributed by atoms with van der Waals surface area (Å²) in [6, 6.07) is 0.810. The predicted octanol–water partition coefficient (Wildman–Crippen LogP) is 2.42. The van der Waals surface area contributed by atoms with Gasteiger partial charge in [-0.1, -0.05) is 27.2 Å². The topological polar surface area (TPSA) is 12.0 Å². The molecule has 0 radical (unpaired) electrons. The fourth-order valence-corrected chi connectivity index (χ4v) is 2.30. The minimum Gasteiger partial charge on any atom is -0.313 e. The lowest BCUT2D eigenvalue weighted by molar-refractivity contribution is 0.347. The van der Waals surface area contributed by atoms with Gasteiger partial charge in [0.05, 0.1) is 0 Å². The molecule has 1 rings (SSSR count). The van der Waals surface area contributed by atoms with Crippen LogP contribution in [-0.4, -0.2) is 12.6 Å². The molecule has 1 N–H and O–H groups in total. The molecule has 0 saturated carbocycles. The van der Waals surface area contributed by atoms with Crippen LogP contribution in [0.5, 0.6) is 0 Å². The molecule has 11 heavy (non-hydrogen) atoms. The Morgan fingerprint density at radius 1 is 1.36 bits per heavy atom. The lowest BCUT2D eigenvalue weighted by Crippen LogP contribution is -2.26. The van der Waals surface area contributed by atoms with Crippen molar-refractivity contribution in [3.05, 3.63) is 0 Å². The van der Waals surface area contributed by atoms with Crippen molar-refractivity contribution in [1.29, 1.82) is 0 Å². The van der Waals surface area contributed by atoms with E-state index >= 15 is 0 Å². The van der Waals surface area contributed by atoms with Gasteiger partial charge in [-0.2, -0.15) is 0 Å². The Kier molecular flexibility index (Phi) is 3.38. The molecule has 0 aromatic carbocycles. The van der Waals surface area contributed by atoms with E-state index in [0.717, 1.165) is 17.9 Å². The molecular weight excluding hydrogens is 134 g/mol. The van der Waals surface area contributed by atoms with E-state index in [4.69, 9.17) is 0 Å². The van der Waals surface area contributed by atoms with E-state index in [2.05, 4.69) is 26.1 Å². The fraction of sp³-hybridized carbons (Fsp3) is 1.00. The van der Waals surface area contributed by atoms with E-state index in [-0.39, 0.29) is 0 Å². The van der Waals surface area contributed by atoms with Crippen LogP contribution in [0, 0.1) is 11.8 Å². The Morgan fingerprint density at radius 3 is 2.64 bits per heavy atom. The molecule has 0 spiro atoms. The molecule has 0 aliphatic carbocycles. The van der Waals surface area contributed by atoms with Gasteiger partial charge >= 0.3 is 0 Å². The van der Waals surface area contributed by atoms with Crippen molar-refractivity contribution in [3.8, 4) is 0 Å². The van der Waals surface area contributed by atoms with Gasteiger partial charge in [0, 0.05) is 6.04 Å². The third kappa shape index (κ3) is 1.96. The number of nitrogens with one attached hydrogen (secondary N) is 1. The van der Waals surface area contributed by atoms with Crippen LogP contribution in [0.3, 0.4) is 0 Å². The SMILES string of the molecule is CCCC1C(C)CNC1CC. The lowest BCUT2D eigenvalue weighted by atomic mass is 9.87. The van der Waals surface area contributed by atoms with Crippen molar-refractivity contribution in [2.24, 2.45) is 11.8 Å². The maximum absolute atomic E-state index is 3.59. The quantitative estimate of drug-likeness (QED) is 0.660. The van der Waals surface area contributed by atoms with E-state index in [1.54, 1.807) is 0 Å². The molecule has 1 fully saturated rings. The molecule has 1 heteroatoms. The molecule has 0 aromatic rings. The second-order valence-corrected chi connectivity index (χ2v) is 3.85. The molecule has 1 saturated heterocycles. The van der Waals surface area contributed by atoms with Gasteiger partial charge in [-0.3, -0.25) is 0 Å². The molecule has 1 nitrogen and oxygen atoms in total. The Balaban J connectivity index is 2.42. The Morgan fingerprint density at radius 2 is 2.09 bits per heavy atom. The molecule has 0 aromatic heterocycles. The van der Waals surface area contributed by atoms with Crippen LogP contribution in [0.15, 0.2) is 0 Å². The van der Waals surface area contributed by atoms with Crippen LogP contribution >= 0.6 is 0 Å². The number of rotatable bonds is 3. The van der Waals surface area contributed by atoms with Crippen LogP contribution in [-0.2, 0) is 0 Å². The van der Waals surface area contributed by atoms with Gasteiger partial charge in [0.2, 0.25) is 0 Å². The molecule has 3 atom stereocenters. The van der Waals surface area contributed by atoms with Gasteiger partial charge in [0.15, 0.2) is 0 Å². The zero-order valence-electron chi connectivity index (χ0n) is 8.06. The average molecular weight is 155 g/mol. The molecule has 1 aliphatic heterocycles. The lowest BCUT2D eigenvalue weighted by Gasteiger charge is -2.19. The van der Waals surface area contributed by atoms with Gasteiger partial charge in [-0.15, -0.1) is 0 Å². The van der Waals surface area contributed by atoms with E-state index in [1.807, 2.05) is 0 Å². The van der Waals surface area contributed by atoms with Crippen molar-refractivity contribution < 1.29 is 0 Å². The third-order valence-corrected chi connectivity index (χ3v) is 3.01. The monoisotopic (exact) mass is 155 g/mol. The first kappa shape index (κ1) is 9.05. The first-order chi connectivity index (χ1) is 5.29. The van der Waals surface area contributed by atoms with Gasteiger partial charge < -0.3 is 5.32 Å². The van der Waals surface area contributed by atoms with E-state index in [0.29, 0.717) is 0 Å². The van der Waals surface area contributed by atoms with Crippen LogP contribution in [0.2, 0.25) is 0 Å². The van der Waals surface area contributed by atoms with Gasteiger partial charge in [-0.05, 0) is 31.2 Å². The third-order valence-electron chi connectivity index (χ3n) is 3.01. The van der Waals surface area contributed by atoms with E-state index < -0.39 is 0 Å². The van der Waals surface area contributed by atoms with Crippen molar-refractivity contribution in [1.82, 2.24) is 5.32 Å². The van der Waals surface area contributed by atoms with Crippen molar-refractivity contribution in [2.45, 2.75) is 46.1 Å². The summed E-state index contributed by atoms with van der Waals surface area (Å²) in [7, 11) is 0. The highest BCUT2D eigenvalue weighted by atomic mass is 15.0. The van der Waals surface area contributed by atoms with Crippen LogP contribution < -0.4 is 5.32 Å². The molecule has 3 unspecified atom stereocenters. The van der Waals surface area contributed by atoms with Crippen molar-refractivity contribution in [2.75, 3.05) is 6.54 Å². The first-order valence-electron chi connectivity index (χ1n) is 5.03. The van der Waals surface area contributed by atoms with Crippen LogP contribution in [0.25, 0.3) is 0 Å². The maximum Gasteiger partial charge on any atom is 0.00958 e. The summed E-state index contributed by atoms with van der Waals surface area (Å²) in [4.78, 5) is 0.